The van der Waals surface area contributed by atoms with Gasteiger partial charge in [-0.05, 0) is 51.9 Å². The van der Waals surface area contributed by atoms with Crippen LogP contribution in [0.3, 0.4) is 0 Å². The summed E-state index contributed by atoms with van der Waals surface area (Å²) >= 11 is 12.0. The molecule has 3 heteroatoms. The molecule has 1 aliphatic rings. The molecule has 1 nitrogen and oxygen atoms in total. The van der Waals surface area contributed by atoms with Crippen molar-refractivity contribution in [3.8, 4) is 11.1 Å². The Hall–Kier alpha value is -1.80. The summed E-state index contributed by atoms with van der Waals surface area (Å²) in [5, 5.41) is 11.6. The Morgan fingerprint density at radius 1 is 0.739 bits per heavy atom. The maximum Gasteiger partial charge on any atom is 0.104 e. The molecule has 0 unspecified atom stereocenters. The molecule has 4 rings (SSSR count). The maximum absolute atomic E-state index is 10.7. The Morgan fingerprint density at radius 3 is 2.26 bits per heavy atom. The van der Waals surface area contributed by atoms with Gasteiger partial charge in [0.15, 0.2) is 0 Å². The van der Waals surface area contributed by atoms with Crippen molar-refractivity contribution in [2.45, 2.75) is 12.5 Å². The first-order valence-electron chi connectivity index (χ1n) is 7.47. The minimum Gasteiger partial charge on any atom is -0.384 e. The van der Waals surface area contributed by atoms with Crippen LogP contribution >= 0.6 is 23.2 Å². The molecule has 23 heavy (non-hydrogen) atoms. The normalized spacial score (nSPS) is 13.5. The highest BCUT2D eigenvalue weighted by Crippen LogP contribution is 2.38. The van der Waals surface area contributed by atoms with Gasteiger partial charge < -0.3 is 5.11 Å². The Labute approximate surface area is 145 Å². The van der Waals surface area contributed by atoms with Crippen LogP contribution in [-0.2, 0) is 6.42 Å². The minimum atomic E-state index is -0.709. The van der Waals surface area contributed by atoms with E-state index in [1.54, 1.807) is 18.2 Å². The number of halogens is 2. The molecule has 0 saturated carbocycles. The van der Waals surface area contributed by atoms with Crippen LogP contribution in [0.1, 0.15) is 28.4 Å². The predicted molar refractivity (Wildman–Crippen MR) is 95.2 cm³/mol. The molecular formula is C20H14Cl2O. The lowest BCUT2D eigenvalue weighted by atomic mass is 9.97. The zero-order valence-corrected chi connectivity index (χ0v) is 13.8. The van der Waals surface area contributed by atoms with E-state index in [9.17, 15) is 5.11 Å². The van der Waals surface area contributed by atoms with Crippen molar-refractivity contribution in [2.75, 3.05) is 0 Å². The zero-order valence-electron chi connectivity index (χ0n) is 12.3. The standard InChI is InChI=1S/C20H14Cl2O/c21-18-8-6-14(11-19(18)22)20(23)13-5-7-17-15(10-13)9-12-3-1-2-4-16(12)17/h1-8,10-11,20,23H,9H2/t20-/m1/s1. The van der Waals surface area contributed by atoms with Gasteiger partial charge in [-0.1, -0.05) is 71.7 Å². The second-order valence-corrected chi connectivity index (χ2v) is 6.64. The van der Waals surface area contributed by atoms with Crippen molar-refractivity contribution in [1.82, 2.24) is 0 Å². The van der Waals surface area contributed by atoms with Crippen molar-refractivity contribution in [2.24, 2.45) is 0 Å². The summed E-state index contributed by atoms with van der Waals surface area (Å²) in [6, 6.07) is 19.8. The SMILES string of the molecule is O[C@@H](c1ccc(Cl)c(Cl)c1)c1ccc2c(c1)Cc1ccccc1-2. The quantitative estimate of drug-likeness (QED) is 0.500. The summed E-state index contributed by atoms with van der Waals surface area (Å²) in [6.07, 6.45) is 0.201. The molecule has 0 saturated heterocycles. The topological polar surface area (TPSA) is 20.2 Å². The zero-order chi connectivity index (χ0) is 16.0. The Bertz CT molecular complexity index is 902. The van der Waals surface area contributed by atoms with Gasteiger partial charge in [-0.3, -0.25) is 0 Å². The van der Waals surface area contributed by atoms with E-state index in [0.29, 0.717) is 10.0 Å². The highest BCUT2D eigenvalue weighted by molar-refractivity contribution is 6.42. The summed E-state index contributed by atoms with van der Waals surface area (Å²) < 4.78 is 0. The van der Waals surface area contributed by atoms with Gasteiger partial charge in [0.1, 0.15) is 6.10 Å². The first kappa shape index (κ1) is 14.8. The third kappa shape index (κ3) is 2.55. The fourth-order valence-corrected chi connectivity index (χ4v) is 3.52. The summed E-state index contributed by atoms with van der Waals surface area (Å²) in [5.41, 5.74) is 6.75. The number of aliphatic hydroxyl groups is 1. The van der Waals surface area contributed by atoms with E-state index in [1.165, 1.54) is 22.3 Å². The lowest BCUT2D eigenvalue weighted by molar-refractivity contribution is 0.220. The van der Waals surface area contributed by atoms with E-state index < -0.39 is 6.10 Å². The first-order chi connectivity index (χ1) is 11.1. The van der Waals surface area contributed by atoms with E-state index in [-0.39, 0.29) is 0 Å². The lowest BCUT2D eigenvalue weighted by Crippen LogP contribution is -2.00. The van der Waals surface area contributed by atoms with Crippen molar-refractivity contribution in [3.63, 3.8) is 0 Å². The number of aliphatic hydroxyl groups excluding tert-OH is 1. The largest absolute Gasteiger partial charge is 0.384 e. The van der Waals surface area contributed by atoms with Crippen LogP contribution in [-0.4, -0.2) is 5.11 Å². The van der Waals surface area contributed by atoms with Crippen molar-refractivity contribution in [1.29, 1.82) is 0 Å². The highest BCUT2D eigenvalue weighted by atomic mass is 35.5. The van der Waals surface area contributed by atoms with Crippen LogP contribution < -0.4 is 0 Å². The second kappa shape index (κ2) is 5.68. The van der Waals surface area contributed by atoms with E-state index >= 15 is 0 Å². The average molecular weight is 341 g/mol. The van der Waals surface area contributed by atoms with Crippen LogP contribution in [0.25, 0.3) is 11.1 Å². The van der Waals surface area contributed by atoms with Crippen LogP contribution in [0.5, 0.6) is 0 Å². The Kier molecular flexibility index (Phi) is 3.65. The summed E-state index contributed by atoms with van der Waals surface area (Å²) in [5.74, 6) is 0. The first-order valence-corrected chi connectivity index (χ1v) is 8.23. The average Bonchev–Trinajstić information content (AvgIpc) is 2.94. The molecule has 0 aliphatic heterocycles. The number of benzene rings is 3. The van der Waals surface area contributed by atoms with E-state index in [0.717, 1.165) is 17.5 Å². The van der Waals surface area contributed by atoms with E-state index in [1.807, 2.05) is 6.07 Å². The minimum absolute atomic E-state index is 0.455. The van der Waals surface area contributed by atoms with Gasteiger partial charge in [0.25, 0.3) is 0 Å². The number of rotatable bonds is 2. The molecule has 1 N–H and O–H groups in total. The molecule has 1 atom stereocenters. The van der Waals surface area contributed by atoms with Crippen molar-refractivity contribution < 1.29 is 5.11 Å². The number of fused-ring (bicyclic) bond motifs is 3. The lowest BCUT2D eigenvalue weighted by Gasteiger charge is -2.14. The molecule has 0 heterocycles. The molecular weight excluding hydrogens is 327 g/mol. The maximum atomic E-state index is 10.7. The second-order valence-electron chi connectivity index (χ2n) is 5.83. The monoisotopic (exact) mass is 340 g/mol. The molecule has 0 amide bonds. The Morgan fingerprint density at radius 2 is 1.43 bits per heavy atom. The van der Waals surface area contributed by atoms with Gasteiger partial charge in [0.2, 0.25) is 0 Å². The fourth-order valence-electron chi connectivity index (χ4n) is 3.21. The molecule has 0 bridgehead atoms. The van der Waals surface area contributed by atoms with Gasteiger partial charge in [-0.2, -0.15) is 0 Å². The third-order valence-corrected chi connectivity index (χ3v) is 5.13. The van der Waals surface area contributed by atoms with Crippen molar-refractivity contribution in [3.05, 3.63) is 93.0 Å². The van der Waals surface area contributed by atoms with Gasteiger partial charge in [-0.15, -0.1) is 0 Å². The molecule has 0 fully saturated rings. The van der Waals surface area contributed by atoms with Gasteiger partial charge >= 0.3 is 0 Å². The highest BCUT2D eigenvalue weighted by Gasteiger charge is 2.20. The van der Waals surface area contributed by atoms with Crippen LogP contribution in [0.4, 0.5) is 0 Å². The number of hydrogen-bond acceptors (Lipinski definition) is 1. The van der Waals surface area contributed by atoms with Crippen LogP contribution in [0.15, 0.2) is 60.7 Å². The summed E-state index contributed by atoms with van der Waals surface area (Å²) in [4.78, 5) is 0. The van der Waals surface area contributed by atoms with E-state index in [4.69, 9.17) is 23.2 Å². The van der Waals surface area contributed by atoms with Gasteiger partial charge in [0, 0.05) is 0 Å². The molecule has 3 aromatic rings. The van der Waals surface area contributed by atoms with Crippen molar-refractivity contribution >= 4 is 23.2 Å². The molecule has 3 aromatic carbocycles. The number of hydrogen-bond donors (Lipinski definition) is 1. The smallest absolute Gasteiger partial charge is 0.104 e. The molecule has 1 aliphatic carbocycles. The van der Waals surface area contributed by atoms with Gasteiger partial charge in [-0.25, -0.2) is 0 Å². The molecule has 114 valence electrons. The van der Waals surface area contributed by atoms with Gasteiger partial charge in [0.05, 0.1) is 10.0 Å². The molecule has 0 radical (unpaired) electrons. The predicted octanol–water partition coefficient (Wildman–Crippen LogP) is 5.65. The Balaban J connectivity index is 1.71. The molecule has 0 spiro atoms. The summed E-state index contributed by atoms with van der Waals surface area (Å²) in [6.45, 7) is 0. The molecule has 0 aromatic heterocycles. The van der Waals surface area contributed by atoms with Crippen LogP contribution in [0.2, 0.25) is 10.0 Å². The summed E-state index contributed by atoms with van der Waals surface area (Å²) in [7, 11) is 0. The fraction of sp³-hybridized carbons (Fsp3) is 0.100. The van der Waals surface area contributed by atoms with E-state index in [2.05, 4.69) is 36.4 Å². The third-order valence-electron chi connectivity index (χ3n) is 4.39. The van der Waals surface area contributed by atoms with Crippen LogP contribution in [0, 0.1) is 0 Å².